The second kappa shape index (κ2) is 5.94. The summed E-state index contributed by atoms with van der Waals surface area (Å²) in [5, 5.41) is 5.97. The molecule has 3 rings (SSSR count). The third kappa shape index (κ3) is 3.05. The molecule has 1 aliphatic rings. The van der Waals surface area contributed by atoms with Gasteiger partial charge < -0.3 is 10.1 Å². The van der Waals surface area contributed by atoms with E-state index in [1.165, 1.54) is 5.56 Å². The number of benzene rings is 2. The highest BCUT2D eigenvalue weighted by Gasteiger charge is 2.36. The fourth-order valence-electron chi connectivity index (χ4n) is 2.61. The number of rotatable bonds is 4. The van der Waals surface area contributed by atoms with Gasteiger partial charge in [0.2, 0.25) is 0 Å². The summed E-state index contributed by atoms with van der Waals surface area (Å²) in [5.74, 6) is 0.864. The Morgan fingerprint density at radius 2 is 1.77 bits per heavy atom. The van der Waals surface area contributed by atoms with E-state index < -0.39 is 0 Å². The highest BCUT2D eigenvalue weighted by molar-refractivity contribution is 7.80. The molecule has 2 aromatic rings. The van der Waals surface area contributed by atoms with Gasteiger partial charge in [-0.1, -0.05) is 30.3 Å². The van der Waals surface area contributed by atoms with E-state index >= 15 is 0 Å². The Kier molecular flexibility index (Phi) is 4.00. The first-order valence-electron chi connectivity index (χ1n) is 7.18. The van der Waals surface area contributed by atoms with Crippen LogP contribution in [0.2, 0.25) is 0 Å². The third-order valence-electron chi connectivity index (χ3n) is 3.68. The number of hydrazine groups is 1. The van der Waals surface area contributed by atoms with E-state index in [2.05, 4.69) is 29.8 Å². The molecule has 0 aromatic heterocycles. The van der Waals surface area contributed by atoms with Crippen LogP contribution in [0.1, 0.15) is 12.5 Å². The second-order valence-electron chi connectivity index (χ2n) is 5.57. The average molecular weight is 313 g/mol. The minimum atomic E-state index is -0.318. The van der Waals surface area contributed by atoms with E-state index in [1.54, 1.807) is 7.11 Å². The van der Waals surface area contributed by atoms with Crippen LogP contribution in [0, 0.1) is 0 Å². The first kappa shape index (κ1) is 14.8. The summed E-state index contributed by atoms with van der Waals surface area (Å²) >= 11 is 5.46. The largest absolute Gasteiger partial charge is 0.497 e. The predicted octanol–water partition coefficient (Wildman–Crippen LogP) is 2.85. The Balaban J connectivity index is 1.75. The monoisotopic (exact) mass is 313 g/mol. The van der Waals surface area contributed by atoms with Crippen molar-refractivity contribution in [2.24, 2.45) is 0 Å². The standard InChI is InChI=1S/C17H19N3OS/c1-17(12-13-8-10-15(21-2)11-9-13)18-16(22)20(19-17)14-6-4-3-5-7-14/h3-11,19H,12H2,1-2H3,(H,18,22)/t17-/m0/s1. The molecule has 0 spiro atoms. The molecule has 0 bridgehead atoms. The van der Waals surface area contributed by atoms with E-state index in [-0.39, 0.29) is 5.66 Å². The van der Waals surface area contributed by atoms with E-state index in [0.29, 0.717) is 5.11 Å². The highest BCUT2D eigenvalue weighted by atomic mass is 32.1. The smallest absolute Gasteiger partial charge is 0.189 e. The molecule has 0 amide bonds. The van der Waals surface area contributed by atoms with Crippen LogP contribution in [0.25, 0.3) is 0 Å². The van der Waals surface area contributed by atoms with Crippen LogP contribution >= 0.6 is 12.2 Å². The molecule has 5 heteroatoms. The van der Waals surface area contributed by atoms with E-state index in [9.17, 15) is 0 Å². The van der Waals surface area contributed by atoms with Crippen LogP contribution in [0.3, 0.4) is 0 Å². The first-order chi connectivity index (χ1) is 10.6. The van der Waals surface area contributed by atoms with Crippen molar-refractivity contribution >= 4 is 23.0 Å². The van der Waals surface area contributed by atoms with Gasteiger partial charge in [0.15, 0.2) is 5.11 Å². The summed E-state index contributed by atoms with van der Waals surface area (Å²) in [6.07, 6.45) is 0.806. The van der Waals surface area contributed by atoms with Gasteiger partial charge in [-0.2, -0.15) is 0 Å². The number of hydrogen-bond acceptors (Lipinski definition) is 3. The zero-order valence-electron chi connectivity index (χ0n) is 12.7. The fraction of sp³-hybridized carbons (Fsp3) is 0.235. The number of thiocarbonyl (C=S) groups is 1. The topological polar surface area (TPSA) is 36.5 Å². The minimum absolute atomic E-state index is 0.318. The Hall–Kier alpha value is -2.11. The van der Waals surface area contributed by atoms with Crippen LogP contribution < -0.4 is 20.5 Å². The maximum atomic E-state index is 5.46. The lowest BCUT2D eigenvalue weighted by atomic mass is 10.0. The molecular formula is C17H19N3OS. The minimum Gasteiger partial charge on any atom is -0.497 e. The molecule has 2 aromatic carbocycles. The Morgan fingerprint density at radius 3 is 2.41 bits per heavy atom. The number of ether oxygens (including phenoxy) is 1. The summed E-state index contributed by atoms with van der Waals surface area (Å²) in [7, 11) is 1.67. The molecule has 0 saturated carbocycles. The van der Waals surface area contributed by atoms with Crippen LogP contribution in [0.4, 0.5) is 5.69 Å². The number of anilines is 1. The number of para-hydroxylation sites is 1. The van der Waals surface area contributed by atoms with Gasteiger partial charge in [0.1, 0.15) is 11.4 Å². The average Bonchev–Trinajstić information content (AvgIpc) is 2.83. The zero-order valence-corrected chi connectivity index (χ0v) is 13.5. The number of hydrogen-bond donors (Lipinski definition) is 2. The molecule has 22 heavy (non-hydrogen) atoms. The quantitative estimate of drug-likeness (QED) is 0.849. The number of nitrogens with zero attached hydrogens (tertiary/aromatic N) is 1. The van der Waals surface area contributed by atoms with Crippen LogP contribution in [0.15, 0.2) is 54.6 Å². The second-order valence-corrected chi connectivity index (χ2v) is 5.96. The molecule has 0 unspecified atom stereocenters. The molecule has 1 saturated heterocycles. The lowest BCUT2D eigenvalue weighted by Gasteiger charge is -2.25. The normalized spacial score (nSPS) is 20.8. The van der Waals surface area contributed by atoms with Crippen molar-refractivity contribution in [3.63, 3.8) is 0 Å². The predicted molar refractivity (Wildman–Crippen MR) is 92.9 cm³/mol. The van der Waals surface area contributed by atoms with E-state index in [1.807, 2.05) is 47.5 Å². The molecule has 114 valence electrons. The maximum absolute atomic E-state index is 5.46. The van der Waals surface area contributed by atoms with Gasteiger partial charge in [-0.05, 0) is 49.0 Å². The SMILES string of the molecule is COc1ccc(C[C@@]2(C)NC(=S)N(c3ccccc3)N2)cc1. The van der Waals surface area contributed by atoms with Gasteiger partial charge in [0, 0.05) is 6.42 Å². The molecule has 0 aliphatic carbocycles. The molecule has 1 heterocycles. The van der Waals surface area contributed by atoms with Crippen molar-refractivity contribution in [1.29, 1.82) is 0 Å². The summed E-state index contributed by atoms with van der Waals surface area (Å²) in [5.41, 5.74) is 5.38. The Morgan fingerprint density at radius 1 is 1.09 bits per heavy atom. The summed E-state index contributed by atoms with van der Waals surface area (Å²) in [4.78, 5) is 0. The van der Waals surface area contributed by atoms with Gasteiger partial charge >= 0.3 is 0 Å². The molecule has 1 atom stereocenters. The maximum Gasteiger partial charge on any atom is 0.189 e. The van der Waals surface area contributed by atoms with Gasteiger partial charge in [0.05, 0.1) is 12.8 Å². The molecule has 4 nitrogen and oxygen atoms in total. The van der Waals surface area contributed by atoms with Crippen molar-refractivity contribution < 1.29 is 4.74 Å². The first-order valence-corrected chi connectivity index (χ1v) is 7.58. The number of methoxy groups -OCH3 is 1. The fourth-order valence-corrected chi connectivity index (χ4v) is 2.99. The van der Waals surface area contributed by atoms with Crippen molar-refractivity contribution in [3.8, 4) is 5.75 Å². The van der Waals surface area contributed by atoms with Crippen molar-refractivity contribution in [2.75, 3.05) is 12.1 Å². The van der Waals surface area contributed by atoms with Gasteiger partial charge in [0.25, 0.3) is 0 Å². The van der Waals surface area contributed by atoms with Crippen molar-refractivity contribution in [3.05, 3.63) is 60.2 Å². The summed E-state index contributed by atoms with van der Waals surface area (Å²) < 4.78 is 5.20. The number of nitrogens with one attached hydrogen (secondary N) is 2. The van der Waals surface area contributed by atoms with Crippen molar-refractivity contribution in [1.82, 2.24) is 10.7 Å². The molecule has 1 aliphatic heterocycles. The van der Waals surface area contributed by atoms with Gasteiger partial charge in [-0.3, -0.25) is 5.01 Å². The lowest BCUT2D eigenvalue weighted by Crippen LogP contribution is -2.50. The Labute approximate surface area is 136 Å². The highest BCUT2D eigenvalue weighted by Crippen LogP contribution is 2.22. The van der Waals surface area contributed by atoms with E-state index in [0.717, 1.165) is 17.9 Å². The third-order valence-corrected chi connectivity index (χ3v) is 3.96. The van der Waals surface area contributed by atoms with Crippen molar-refractivity contribution in [2.45, 2.75) is 19.0 Å². The summed E-state index contributed by atoms with van der Waals surface area (Å²) in [6, 6.07) is 18.1. The molecular weight excluding hydrogens is 294 g/mol. The van der Waals surface area contributed by atoms with Gasteiger partial charge in [-0.15, -0.1) is 0 Å². The molecule has 2 N–H and O–H groups in total. The van der Waals surface area contributed by atoms with Crippen LogP contribution in [0.5, 0.6) is 5.75 Å². The van der Waals surface area contributed by atoms with Gasteiger partial charge in [-0.25, -0.2) is 5.43 Å². The molecule has 0 radical (unpaired) electrons. The van der Waals surface area contributed by atoms with Crippen LogP contribution in [-0.4, -0.2) is 17.9 Å². The summed E-state index contributed by atoms with van der Waals surface area (Å²) in [6.45, 7) is 2.10. The van der Waals surface area contributed by atoms with Crippen LogP contribution in [-0.2, 0) is 6.42 Å². The zero-order chi connectivity index (χ0) is 15.6. The Bertz CT molecular complexity index is 659. The van der Waals surface area contributed by atoms with E-state index in [4.69, 9.17) is 17.0 Å². The molecule has 1 fully saturated rings. The lowest BCUT2D eigenvalue weighted by molar-refractivity contribution is 0.371.